The van der Waals surface area contributed by atoms with Gasteiger partial charge in [-0.2, -0.15) is 5.10 Å². The van der Waals surface area contributed by atoms with Gasteiger partial charge in [-0.15, -0.1) is 0 Å². The molecule has 29 heavy (non-hydrogen) atoms. The van der Waals surface area contributed by atoms with Crippen molar-refractivity contribution < 1.29 is 4.74 Å². The normalized spacial score (nSPS) is 14.4. The SMILES string of the molecule is CCc1cnc2c(Nc3ccc(N4CCOCC4)cc3)ncc(-c3cn[nH]c3)n12. The maximum Gasteiger partial charge on any atom is 0.181 e. The van der Waals surface area contributed by atoms with Crippen LogP contribution < -0.4 is 10.2 Å². The summed E-state index contributed by atoms with van der Waals surface area (Å²) in [4.78, 5) is 11.6. The van der Waals surface area contributed by atoms with Crippen LogP contribution in [0.25, 0.3) is 16.9 Å². The summed E-state index contributed by atoms with van der Waals surface area (Å²) in [7, 11) is 0. The van der Waals surface area contributed by atoms with Gasteiger partial charge in [0.1, 0.15) is 0 Å². The van der Waals surface area contributed by atoms with E-state index in [0.717, 1.165) is 66.8 Å². The molecule has 4 heterocycles. The zero-order valence-corrected chi connectivity index (χ0v) is 16.3. The van der Waals surface area contributed by atoms with Gasteiger partial charge in [0.2, 0.25) is 0 Å². The lowest BCUT2D eigenvalue weighted by Crippen LogP contribution is -2.36. The minimum absolute atomic E-state index is 0.732. The second-order valence-electron chi connectivity index (χ2n) is 7.01. The van der Waals surface area contributed by atoms with E-state index in [1.165, 1.54) is 5.69 Å². The van der Waals surface area contributed by atoms with Crippen LogP contribution >= 0.6 is 0 Å². The lowest BCUT2D eigenvalue weighted by atomic mass is 10.2. The third kappa shape index (κ3) is 3.31. The summed E-state index contributed by atoms with van der Waals surface area (Å²) in [6.07, 6.45) is 8.32. The van der Waals surface area contributed by atoms with Crippen LogP contribution in [0.1, 0.15) is 12.6 Å². The molecular weight excluding hydrogens is 366 g/mol. The molecule has 8 nitrogen and oxygen atoms in total. The van der Waals surface area contributed by atoms with Gasteiger partial charge in [-0.25, -0.2) is 9.97 Å². The number of nitrogens with zero attached hydrogens (tertiary/aromatic N) is 5. The molecule has 8 heteroatoms. The van der Waals surface area contributed by atoms with Gasteiger partial charge in [-0.05, 0) is 30.7 Å². The molecule has 0 unspecified atom stereocenters. The summed E-state index contributed by atoms with van der Waals surface area (Å²) < 4.78 is 7.58. The van der Waals surface area contributed by atoms with Crippen LogP contribution in [0.15, 0.2) is 49.1 Å². The highest BCUT2D eigenvalue weighted by Gasteiger charge is 2.15. The zero-order chi connectivity index (χ0) is 19.6. The molecule has 0 spiro atoms. The third-order valence-corrected chi connectivity index (χ3v) is 5.27. The predicted molar refractivity (Wildman–Crippen MR) is 113 cm³/mol. The number of H-pyrrole nitrogens is 1. The molecule has 2 N–H and O–H groups in total. The molecular formula is C21H23N7O. The standard InChI is InChI=1S/C21H23N7O/c1-2-17-13-23-21-20(22-14-19(28(17)21)15-11-24-25-12-15)26-16-3-5-18(6-4-16)27-7-9-29-10-8-27/h3-6,11-14H,2,7-10H2,1H3,(H,22,26)(H,24,25). The van der Waals surface area contributed by atoms with Crippen molar-refractivity contribution in [3.8, 4) is 11.3 Å². The van der Waals surface area contributed by atoms with Crippen molar-refractivity contribution in [2.45, 2.75) is 13.3 Å². The van der Waals surface area contributed by atoms with Gasteiger partial charge in [0.15, 0.2) is 11.5 Å². The topological polar surface area (TPSA) is 83.4 Å². The Hall–Kier alpha value is -3.39. The Labute approximate surface area is 168 Å². The van der Waals surface area contributed by atoms with Gasteiger partial charge in [-0.3, -0.25) is 9.50 Å². The average Bonchev–Trinajstić information content (AvgIpc) is 3.46. The summed E-state index contributed by atoms with van der Waals surface area (Å²) in [5, 5.41) is 10.4. The number of hydrogen-bond acceptors (Lipinski definition) is 6. The van der Waals surface area contributed by atoms with Crippen LogP contribution in [0.5, 0.6) is 0 Å². The van der Waals surface area contributed by atoms with Gasteiger partial charge in [0, 0.05) is 48.1 Å². The average molecular weight is 389 g/mol. The highest BCUT2D eigenvalue weighted by atomic mass is 16.5. The second kappa shape index (κ2) is 7.56. The highest BCUT2D eigenvalue weighted by molar-refractivity contribution is 5.75. The number of nitrogens with one attached hydrogen (secondary N) is 2. The lowest BCUT2D eigenvalue weighted by Gasteiger charge is -2.28. The Morgan fingerprint density at radius 1 is 1.07 bits per heavy atom. The van der Waals surface area contributed by atoms with Crippen LogP contribution in [0.2, 0.25) is 0 Å². The largest absolute Gasteiger partial charge is 0.378 e. The Kier molecular flexibility index (Phi) is 4.61. The van der Waals surface area contributed by atoms with E-state index in [2.05, 4.69) is 66.0 Å². The minimum Gasteiger partial charge on any atom is -0.378 e. The molecule has 0 atom stereocenters. The van der Waals surface area contributed by atoms with Gasteiger partial charge in [0.05, 0.1) is 31.3 Å². The summed E-state index contributed by atoms with van der Waals surface area (Å²) >= 11 is 0. The second-order valence-corrected chi connectivity index (χ2v) is 7.01. The first-order chi connectivity index (χ1) is 14.3. The highest BCUT2D eigenvalue weighted by Crippen LogP contribution is 2.27. The van der Waals surface area contributed by atoms with Crippen molar-refractivity contribution >= 4 is 22.8 Å². The molecule has 1 saturated heterocycles. The molecule has 0 bridgehead atoms. The van der Waals surface area contributed by atoms with Crippen molar-refractivity contribution in [1.29, 1.82) is 0 Å². The van der Waals surface area contributed by atoms with E-state index in [4.69, 9.17) is 4.74 Å². The van der Waals surface area contributed by atoms with Crippen molar-refractivity contribution in [2.75, 3.05) is 36.5 Å². The maximum absolute atomic E-state index is 5.43. The fraction of sp³-hybridized carbons (Fsp3) is 0.286. The number of ether oxygens (including phenoxy) is 1. The summed E-state index contributed by atoms with van der Waals surface area (Å²) in [6.45, 7) is 5.55. The fourth-order valence-corrected chi connectivity index (χ4v) is 3.71. The molecule has 1 aliphatic rings. The molecule has 1 fully saturated rings. The fourth-order valence-electron chi connectivity index (χ4n) is 3.71. The van der Waals surface area contributed by atoms with E-state index in [1.807, 2.05) is 18.6 Å². The maximum atomic E-state index is 5.43. The number of imidazole rings is 1. The van der Waals surface area contributed by atoms with E-state index in [1.54, 1.807) is 6.20 Å². The molecule has 0 aliphatic carbocycles. The van der Waals surface area contributed by atoms with E-state index in [0.29, 0.717) is 0 Å². The first-order valence-electron chi connectivity index (χ1n) is 9.88. The van der Waals surface area contributed by atoms with Gasteiger partial charge in [-0.1, -0.05) is 6.92 Å². The van der Waals surface area contributed by atoms with Crippen LogP contribution in [0.4, 0.5) is 17.2 Å². The monoisotopic (exact) mass is 389 g/mol. The van der Waals surface area contributed by atoms with Crippen molar-refractivity contribution in [3.63, 3.8) is 0 Å². The predicted octanol–water partition coefficient (Wildman–Crippen LogP) is 3.26. The third-order valence-electron chi connectivity index (χ3n) is 5.27. The summed E-state index contributed by atoms with van der Waals surface area (Å²) in [5.74, 6) is 0.732. The lowest BCUT2D eigenvalue weighted by molar-refractivity contribution is 0.122. The smallest absolute Gasteiger partial charge is 0.181 e. The van der Waals surface area contributed by atoms with E-state index >= 15 is 0 Å². The van der Waals surface area contributed by atoms with Crippen molar-refractivity contribution in [2.24, 2.45) is 0 Å². The first-order valence-corrected chi connectivity index (χ1v) is 9.88. The summed E-state index contributed by atoms with van der Waals surface area (Å²) in [6, 6.07) is 8.43. The molecule has 148 valence electrons. The van der Waals surface area contributed by atoms with E-state index in [-0.39, 0.29) is 0 Å². The number of fused-ring (bicyclic) bond motifs is 1. The van der Waals surface area contributed by atoms with Crippen molar-refractivity contribution in [3.05, 3.63) is 54.7 Å². The number of morpholine rings is 1. The summed E-state index contributed by atoms with van der Waals surface area (Å²) in [5.41, 5.74) is 6.07. The van der Waals surface area contributed by atoms with Gasteiger partial charge < -0.3 is 15.0 Å². The quantitative estimate of drug-likeness (QED) is 0.545. The number of aromatic nitrogens is 5. The zero-order valence-electron chi connectivity index (χ0n) is 16.3. The molecule has 4 aromatic rings. The molecule has 5 rings (SSSR count). The Bertz CT molecular complexity index is 1100. The van der Waals surface area contributed by atoms with E-state index < -0.39 is 0 Å². The van der Waals surface area contributed by atoms with Crippen LogP contribution in [-0.2, 0) is 11.2 Å². The van der Waals surface area contributed by atoms with Gasteiger partial charge in [0.25, 0.3) is 0 Å². The number of hydrogen-bond donors (Lipinski definition) is 2. The molecule has 1 aromatic carbocycles. The minimum atomic E-state index is 0.732. The van der Waals surface area contributed by atoms with Crippen LogP contribution in [-0.4, -0.2) is 50.9 Å². The molecule has 1 aliphatic heterocycles. The van der Waals surface area contributed by atoms with Gasteiger partial charge >= 0.3 is 0 Å². The van der Waals surface area contributed by atoms with Crippen LogP contribution in [0.3, 0.4) is 0 Å². The number of benzene rings is 1. The number of anilines is 3. The Morgan fingerprint density at radius 2 is 1.90 bits per heavy atom. The Morgan fingerprint density at radius 3 is 2.62 bits per heavy atom. The molecule has 3 aromatic heterocycles. The number of aryl methyl sites for hydroxylation is 1. The van der Waals surface area contributed by atoms with Crippen LogP contribution in [0, 0.1) is 0 Å². The Balaban J connectivity index is 1.46. The number of aromatic amines is 1. The van der Waals surface area contributed by atoms with E-state index in [9.17, 15) is 0 Å². The molecule has 0 radical (unpaired) electrons. The molecule has 0 saturated carbocycles. The first kappa shape index (κ1) is 17.7. The van der Waals surface area contributed by atoms with Crippen molar-refractivity contribution in [1.82, 2.24) is 24.6 Å². The number of rotatable bonds is 5. The molecule has 0 amide bonds.